The Hall–Kier alpha value is -2.17. The van der Waals surface area contributed by atoms with E-state index in [4.69, 9.17) is 4.74 Å². The number of hydrogen-bond acceptors (Lipinski definition) is 2. The second-order valence-corrected chi connectivity index (χ2v) is 8.21. The Morgan fingerprint density at radius 1 is 0.900 bits per heavy atom. The summed E-state index contributed by atoms with van der Waals surface area (Å²) in [5, 5.41) is 0. The zero-order valence-electron chi connectivity index (χ0n) is 17.8. The summed E-state index contributed by atoms with van der Waals surface area (Å²) >= 11 is 0. The highest BCUT2D eigenvalue weighted by Crippen LogP contribution is 2.29. The Bertz CT molecular complexity index is 747. The van der Waals surface area contributed by atoms with Crippen molar-refractivity contribution in [3.63, 3.8) is 0 Å². The van der Waals surface area contributed by atoms with E-state index in [2.05, 4.69) is 36.1 Å². The maximum Gasteiger partial charge on any atom is 0.389 e. The molecule has 0 atom stereocenters. The second kappa shape index (κ2) is 10.7. The van der Waals surface area contributed by atoms with Gasteiger partial charge in [0.15, 0.2) is 0 Å². The molecule has 1 aliphatic rings. The largest absolute Gasteiger partial charge is 0.494 e. The fourth-order valence-corrected chi connectivity index (χ4v) is 4.04. The molecule has 3 rings (SSSR count). The van der Waals surface area contributed by atoms with Crippen LogP contribution in [0.4, 0.5) is 18.9 Å². The summed E-state index contributed by atoms with van der Waals surface area (Å²) < 4.78 is 41.9. The molecule has 1 saturated heterocycles. The lowest BCUT2D eigenvalue weighted by Gasteiger charge is -2.33. The van der Waals surface area contributed by atoms with E-state index in [1.807, 2.05) is 24.3 Å². The SMILES string of the molecule is CCCCC1CCN(c2ccc(-c3ccc(OCCCC(F)(F)F)cc3)cc2)CC1. The molecule has 164 valence electrons. The van der Waals surface area contributed by atoms with Crippen molar-refractivity contribution >= 4 is 5.69 Å². The molecule has 0 radical (unpaired) electrons. The molecule has 2 aromatic rings. The van der Waals surface area contributed by atoms with Gasteiger partial charge < -0.3 is 9.64 Å². The Kier molecular flexibility index (Phi) is 8.06. The number of halogens is 3. The molecular weight excluding hydrogens is 387 g/mol. The summed E-state index contributed by atoms with van der Waals surface area (Å²) in [6.45, 7) is 4.60. The molecule has 1 heterocycles. The van der Waals surface area contributed by atoms with Gasteiger partial charge in [-0.3, -0.25) is 0 Å². The van der Waals surface area contributed by atoms with Crippen LogP contribution in [-0.2, 0) is 0 Å². The van der Waals surface area contributed by atoms with Gasteiger partial charge in [0.25, 0.3) is 0 Å². The fourth-order valence-electron chi connectivity index (χ4n) is 4.04. The van der Waals surface area contributed by atoms with Crippen molar-refractivity contribution in [2.75, 3.05) is 24.6 Å². The predicted molar refractivity (Wildman–Crippen MR) is 117 cm³/mol. The van der Waals surface area contributed by atoms with E-state index in [1.54, 1.807) is 0 Å². The molecule has 0 saturated carbocycles. The van der Waals surface area contributed by atoms with Crippen LogP contribution in [0, 0.1) is 5.92 Å². The first-order valence-corrected chi connectivity index (χ1v) is 11.1. The van der Waals surface area contributed by atoms with E-state index >= 15 is 0 Å². The molecule has 30 heavy (non-hydrogen) atoms. The normalized spacial score (nSPS) is 15.4. The van der Waals surface area contributed by atoms with Crippen LogP contribution in [0.5, 0.6) is 5.75 Å². The third-order valence-electron chi connectivity index (χ3n) is 5.87. The zero-order valence-corrected chi connectivity index (χ0v) is 17.8. The smallest absolute Gasteiger partial charge is 0.389 e. The van der Waals surface area contributed by atoms with Crippen LogP contribution in [0.1, 0.15) is 51.9 Å². The van der Waals surface area contributed by atoms with Gasteiger partial charge in [0.1, 0.15) is 5.75 Å². The molecule has 2 aromatic carbocycles. The monoisotopic (exact) mass is 419 g/mol. The summed E-state index contributed by atoms with van der Waals surface area (Å²) in [6, 6.07) is 16.2. The minimum atomic E-state index is -4.12. The topological polar surface area (TPSA) is 12.5 Å². The van der Waals surface area contributed by atoms with Crippen molar-refractivity contribution in [2.24, 2.45) is 5.92 Å². The molecule has 2 nitrogen and oxygen atoms in total. The Morgan fingerprint density at radius 3 is 2.07 bits per heavy atom. The third-order valence-corrected chi connectivity index (χ3v) is 5.87. The number of ether oxygens (including phenoxy) is 1. The summed E-state index contributed by atoms with van der Waals surface area (Å²) in [5.74, 6) is 1.48. The molecule has 0 spiro atoms. The zero-order chi connectivity index (χ0) is 21.4. The number of anilines is 1. The summed E-state index contributed by atoms with van der Waals surface area (Å²) in [4.78, 5) is 2.48. The van der Waals surface area contributed by atoms with Crippen molar-refractivity contribution < 1.29 is 17.9 Å². The maximum absolute atomic E-state index is 12.2. The number of unbranched alkanes of at least 4 members (excludes halogenated alkanes) is 1. The lowest BCUT2D eigenvalue weighted by atomic mass is 9.91. The number of nitrogens with zero attached hydrogens (tertiary/aromatic N) is 1. The van der Waals surface area contributed by atoms with Gasteiger partial charge in [0, 0.05) is 25.2 Å². The van der Waals surface area contributed by atoms with Crippen molar-refractivity contribution in [2.45, 2.75) is 58.0 Å². The Labute approximate surface area is 178 Å². The van der Waals surface area contributed by atoms with Gasteiger partial charge in [-0.2, -0.15) is 13.2 Å². The molecule has 0 bridgehead atoms. The minimum absolute atomic E-state index is 0.0252. The quantitative estimate of drug-likeness (QED) is 0.391. The van der Waals surface area contributed by atoms with Crippen LogP contribution in [0.3, 0.4) is 0 Å². The predicted octanol–water partition coefficient (Wildman–Crippen LogP) is 7.48. The van der Waals surface area contributed by atoms with E-state index in [-0.39, 0.29) is 13.0 Å². The van der Waals surface area contributed by atoms with Crippen molar-refractivity contribution in [3.05, 3.63) is 48.5 Å². The molecular formula is C25H32F3NO. The highest BCUT2D eigenvalue weighted by atomic mass is 19.4. The number of hydrogen-bond donors (Lipinski definition) is 0. The molecule has 0 aliphatic carbocycles. The fraction of sp³-hybridized carbons (Fsp3) is 0.520. The van der Waals surface area contributed by atoms with E-state index in [0.29, 0.717) is 5.75 Å². The number of benzene rings is 2. The van der Waals surface area contributed by atoms with Crippen LogP contribution >= 0.6 is 0 Å². The van der Waals surface area contributed by atoms with E-state index < -0.39 is 12.6 Å². The van der Waals surface area contributed by atoms with Crippen LogP contribution in [0.2, 0.25) is 0 Å². The van der Waals surface area contributed by atoms with E-state index in [1.165, 1.54) is 37.8 Å². The highest BCUT2D eigenvalue weighted by molar-refractivity contribution is 5.67. The first-order valence-electron chi connectivity index (χ1n) is 11.1. The molecule has 0 amide bonds. The summed E-state index contributed by atoms with van der Waals surface area (Å²) in [5.41, 5.74) is 3.47. The first kappa shape index (κ1) is 22.5. The average Bonchev–Trinajstić information content (AvgIpc) is 2.76. The van der Waals surface area contributed by atoms with Crippen LogP contribution < -0.4 is 9.64 Å². The van der Waals surface area contributed by atoms with Gasteiger partial charge in [-0.1, -0.05) is 50.5 Å². The van der Waals surface area contributed by atoms with Crippen LogP contribution in [-0.4, -0.2) is 25.9 Å². The highest BCUT2D eigenvalue weighted by Gasteiger charge is 2.26. The van der Waals surface area contributed by atoms with Crippen molar-refractivity contribution in [1.82, 2.24) is 0 Å². The number of rotatable bonds is 9. The maximum atomic E-state index is 12.2. The van der Waals surface area contributed by atoms with Crippen molar-refractivity contribution in [3.8, 4) is 16.9 Å². The minimum Gasteiger partial charge on any atom is -0.494 e. The van der Waals surface area contributed by atoms with E-state index in [0.717, 1.165) is 30.1 Å². The standard InChI is InChI=1S/C25H32F3NO/c1-2-3-5-20-14-17-29(18-15-20)23-10-6-21(7-11-23)22-8-12-24(13-9-22)30-19-4-16-25(26,27)28/h6-13,20H,2-5,14-19H2,1H3. The Balaban J connectivity index is 1.49. The van der Waals surface area contributed by atoms with Gasteiger partial charge in [-0.15, -0.1) is 0 Å². The number of alkyl halides is 3. The van der Waals surface area contributed by atoms with Gasteiger partial charge in [-0.05, 0) is 60.6 Å². The first-order chi connectivity index (χ1) is 14.4. The third kappa shape index (κ3) is 6.96. The second-order valence-electron chi connectivity index (χ2n) is 8.21. The van der Waals surface area contributed by atoms with Crippen LogP contribution in [0.25, 0.3) is 11.1 Å². The summed E-state index contributed by atoms with van der Waals surface area (Å²) in [7, 11) is 0. The van der Waals surface area contributed by atoms with E-state index in [9.17, 15) is 13.2 Å². The molecule has 0 N–H and O–H groups in total. The average molecular weight is 420 g/mol. The number of piperidine rings is 1. The van der Waals surface area contributed by atoms with Gasteiger partial charge in [0.05, 0.1) is 6.61 Å². The molecule has 5 heteroatoms. The van der Waals surface area contributed by atoms with Gasteiger partial charge >= 0.3 is 6.18 Å². The molecule has 0 unspecified atom stereocenters. The van der Waals surface area contributed by atoms with Crippen molar-refractivity contribution in [1.29, 1.82) is 0 Å². The summed E-state index contributed by atoms with van der Waals surface area (Å²) in [6.07, 6.45) is 1.61. The molecule has 1 aliphatic heterocycles. The van der Waals surface area contributed by atoms with Gasteiger partial charge in [0.2, 0.25) is 0 Å². The molecule has 0 aromatic heterocycles. The van der Waals surface area contributed by atoms with Crippen LogP contribution in [0.15, 0.2) is 48.5 Å². The van der Waals surface area contributed by atoms with Gasteiger partial charge in [-0.25, -0.2) is 0 Å². The Morgan fingerprint density at radius 2 is 1.50 bits per heavy atom. The lowest BCUT2D eigenvalue weighted by Crippen LogP contribution is -2.33. The lowest BCUT2D eigenvalue weighted by molar-refractivity contribution is -0.136. The molecule has 1 fully saturated rings.